The monoisotopic (exact) mass is 321 g/mol. The molecule has 0 radical (unpaired) electrons. The summed E-state index contributed by atoms with van der Waals surface area (Å²) in [6.45, 7) is 3.98. The molecule has 1 heterocycles. The van der Waals surface area contributed by atoms with E-state index >= 15 is 0 Å². The maximum Gasteiger partial charge on any atom is 0.336 e. The van der Waals surface area contributed by atoms with Crippen molar-refractivity contribution >= 4 is 22.7 Å². The molecule has 0 saturated carbocycles. The van der Waals surface area contributed by atoms with Crippen molar-refractivity contribution in [2.75, 3.05) is 0 Å². The zero-order valence-corrected chi connectivity index (χ0v) is 13.7. The van der Waals surface area contributed by atoms with Gasteiger partial charge in [-0.1, -0.05) is 12.1 Å². The van der Waals surface area contributed by atoms with Gasteiger partial charge in [0.25, 0.3) is 0 Å². The number of hydrogen-bond donors (Lipinski definition) is 0. The Kier molecular flexibility index (Phi) is 4.22. The van der Waals surface area contributed by atoms with Crippen LogP contribution in [0.25, 0.3) is 11.0 Å². The highest BCUT2D eigenvalue weighted by Gasteiger charge is 2.10. The first kappa shape index (κ1) is 15.4. The second-order valence-electron chi connectivity index (χ2n) is 5.40. The molecule has 0 atom stereocenters. The van der Waals surface area contributed by atoms with E-state index in [-0.39, 0.29) is 5.63 Å². The van der Waals surface area contributed by atoms with Gasteiger partial charge in [-0.15, -0.1) is 11.8 Å². The van der Waals surface area contributed by atoms with E-state index in [1.807, 2.05) is 38.1 Å². The molecule has 0 fully saturated rings. The van der Waals surface area contributed by atoms with Gasteiger partial charge in [0, 0.05) is 22.1 Å². The number of benzene rings is 2. The molecule has 0 amide bonds. The third kappa shape index (κ3) is 3.15. The van der Waals surface area contributed by atoms with Crippen molar-refractivity contribution in [2.24, 2.45) is 0 Å². The van der Waals surface area contributed by atoms with Crippen LogP contribution in [-0.4, -0.2) is 0 Å². The van der Waals surface area contributed by atoms with E-state index in [1.54, 1.807) is 30.0 Å². The fourth-order valence-electron chi connectivity index (χ4n) is 2.43. The smallest absolute Gasteiger partial charge is 0.336 e. The van der Waals surface area contributed by atoms with Gasteiger partial charge in [-0.05, 0) is 54.8 Å². The van der Waals surface area contributed by atoms with E-state index in [0.717, 1.165) is 27.0 Å². The molecule has 3 nitrogen and oxygen atoms in total. The van der Waals surface area contributed by atoms with Crippen molar-refractivity contribution < 1.29 is 4.42 Å². The summed E-state index contributed by atoms with van der Waals surface area (Å²) in [5.74, 6) is 0.677. The van der Waals surface area contributed by atoms with Crippen LogP contribution in [0.3, 0.4) is 0 Å². The van der Waals surface area contributed by atoms with Crippen LogP contribution in [0.15, 0.2) is 56.6 Å². The van der Waals surface area contributed by atoms with Crippen LogP contribution in [0.1, 0.15) is 22.3 Å². The van der Waals surface area contributed by atoms with Crippen LogP contribution < -0.4 is 5.63 Å². The zero-order chi connectivity index (χ0) is 16.4. The highest BCUT2D eigenvalue weighted by molar-refractivity contribution is 7.98. The molecule has 114 valence electrons. The summed E-state index contributed by atoms with van der Waals surface area (Å²) in [6, 6.07) is 15.2. The third-order valence-corrected chi connectivity index (χ3v) is 4.96. The summed E-state index contributed by atoms with van der Waals surface area (Å²) in [4.78, 5) is 12.9. The molecule has 0 N–H and O–H groups in total. The molecule has 0 aliphatic carbocycles. The number of aryl methyl sites for hydroxylation is 2. The predicted molar refractivity (Wildman–Crippen MR) is 92.7 cm³/mol. The van der Waals surface area contributed by atoms with Crippen molar-refractivity contribution in [3.63, 3.8) is 0 Å². The summed E-state index contributed by atoms with van der Waals surface area (Å²) in [6.07, 6.45) is 0. The van der Waals surface area contributed by atoms with Gasteiger partial charge >= 0.3 is 5.63 Å². The summed E-state index contributed by atoms with van der Waals surface area (Å²) < 4.78 is 5.40. The molecular formula is C19H15NO2S. The average Bonchev–Trinajstić information content (AvgIpc) is 2.57. The van der Waals surface area contributed by atoms with Crippen LogP contribution in [0, 0.1) is 25.2 Å². The predicted octanol–water partition coefficient (Wildman–Crippen LogP) is 4.57. The minimum atomic E-state index is -0.318. The molecular weight excluding hydrogens is 306 g/mol. The van der Waals surface area contributed by atoms with E-state index < -0.39 is 0 Å². The van der Waals surface area contributed by atoms with Gasteiger partial charge in [-0.25, -0.2) is 4.79 Å². The number of nitrogens with zero attached hydrogens (tertiary/aromatic N) is 1. The topological polar surface area (TPSA) is 54.0 Å². The number of hydrogen-bond acceptors (Lipinski definition) is 4. The van der Waals surface area contributed by atoms with Crippen molar-refractivity contribution in [1.82, 2.24) is 0 Å². The molecule has 23 heavy (non-hydrogen) atoms. The van der Waals surface area contributed by atoms with Crippen LogP contribution in [0.4, 0.5) is 0 Å². The summed E-state index contributed by atoms with van der Waals surface area (Å²) in [7, 11) is 0. The maximum absolute atomic E-state index is 11.9. The van der Waals surface area contributed by atoms with Crippen LogP contribution in [-0.2, 0) is 5.75 Å². The van der Waals surface area contributed by atoms with Crippen LogP contribution in [0.2, 0.25) is 0 Å². The van der Waals surface area contributed by atoms with E-state index in [9.17, 15) is 4.79 Å². The largest absolute Gasteiger partial charge is 0.422 e. The van der Waals surface area contributed by atoms with Gasteiger partial charge in [0.1, 0.15) is 5.58 Å². The lowest BCUT2D eigenvalue weighted by molar-refractivity contribution is 0.557. The Morgan fingerprint density at radius 2 is 1.87 bits per heavy atom. The van der Waals surface area contributed by atoms with E-state index in [2.05, 4.69) is 6.07 Å². The second kappa shape index (κ2) is 6.31. The first-order valence-electron chi connectivity index (χ1n) is 7.24. The number of fused-ring (bicyclic) bond motifs is 1. The fraction of sp³-hybridized carbons (Fsp3) is 0.158. The zero-order valence-electron chi connectivity index (χ0n) is 12.9. The quantitative estimate of drug-likeness (QED) is 0.523. The maximum atomic E-state index is 11.9. The summed E-state index contributed by atoms with van der Waals surface area (Å²) in [5, 5.41) is 9.81. The van der Waals surface area contributed by atoms with Crippen molar-refractivity contribution in [1.29, 1.82) is 5.26 Å². The van der Waals surface area contributed by atoms with E-state index in [0.29, 0.717) is 16.9 Å². The highest BCUT2D eigenvalue weighted by Crippen LogP contribution is 2.28. The molecule has 3 rings (SSSR count). The lowest BCUT2D eigenvalue weighted by atomic mass is 10.0. The minimum Gasteiger partial charge on any atom is -0.422 e. The molecule has 0 saturated heterocycles. The molecule has 3 aromatic rings. The Labute approximate surface area is 138 Å². The average molecular weight is 321 g/mol. The standard InChI is InChI=1S/C19H15NO2S/c1-12-3-8-17-15(9-18(21)22-19(17)13(12)2)11-23-16-6-4-14(10-20)5-7-16/h3-9H,11H2,1-2H3. The third-order valence-electron chi connectivity index (χ3n) is 3.90. The van der Waals surface area contributed by atoms with Crippen molar-refractivity contribution in [2.45, 2.75) is 24.5 Å². The van der Waals surface area contributed by atoms with E-state index in [1.165, 1.54) is 0 Å². The van der Waals surface area contributed by atoms with Gasteiger partial charge < -0.3 is 4.42 Å². The summed E-state index contributed by atoms with van der Waals surface area (Å²) in [5.41, 5.74) is 4.08. The Balaban J connectivity index is 1.95. The molecule has 2 aromatic carbocycles. The lowest BCUT2D eigenvalue weighted by Gasteiger charge is -2.09. The normalized spacial score (nSPS) is 10.7. The Hall–Kier alpha value is -2.51. The number of rotatable bonds is 3. The molecule has 0 spiro atoms. The number of nitriles is 1. The summed E-state index contributed by atoms with van der Waals surface area (Å²) >= 11 is 1.64. The van der Waals surface area contributed by atoms with E-state index in [4.69, 9.17) is 9.68 Å². The van der Waals surface area contributed by atoms with Crippen LogP contribution in [0.5, 0.6) is 0 Å². The minimum absolute atomic E-state index is 0.318. The second-order valence-corrected chi connectivity index (χ2v) is 6.45. The highest BCUT2D eigenvalue weighted by atomic mass is 32.2. The van der Waals surface area contributed by atoms with Gasteiger partial charge in [0.2, 0.25) is 0 Å². The van der Waals surface area contributed by atoms with Gasteiger partial charge in [0.05, 0.1) is 11.6 Å². The number of thioether (sulfide) groups is 1. The van der Waals surface area contributed by atoms with Crippen molar-refractivity contribution in [3.8, 4) is 6.07 Å². The fourth-order valence-corrected chi connectivity index (χ4v) is 3.32. The Bertz CT molecular complexity index is 966. The molecule has 4 heteroatoms. The van der Waals surface area contributed by atoms with Crippen LogP contribution >= 0.6 is 11.8 Å². The van der Waals surface area contributed by atoms with Gasteiger partial charge in [-0.2, -0.15) is 5.26 Å². The first-order valence-corrected chi connectivity index (χ1v) is 8.23. The SMILES string of the molecule is Cc1ccc2c(CSc3ccc(C#N)cc3)cc(=O)oc2c1C. The first-order chi connectivity index (χ1) is 11.1. The van der Waals surface area contributed by atoms with Gasteiger partial charge in [-0.3, -0.25) is 0 Å². The Morgan fingerprint density at radius 1 is 1.13 bits per heavy atom. The lowest BCUT2D eigenvalue weighted by Crippen LogP contribution is -2.01. The molecule has 0 aliphatic rings. The van der Waals surface area contributed by atoms with Crippen molar-refractivity contribution in [3.05, 3.63) is 75.1 Å². The molecule has 1 aromatic heterocycles. The molecule has 0 unspecified atom stereocenters. The molecule has 0 bridgehead atoms. The molecule has 0 aliphatic heterocycles. The Morgan fingerprint density at radius 3 is 2.57 bits per heavy atom. The van der Waals surface area contributed by atoms with Gasteiger partial charge in [0.15, 0.2) is 0 Å².